The molecule has 1 N–H and O–H groups in total. The molecule has 0 aromatic heterocycles. The van der Waals surface area contributed by atoms with E-state index in [1.807, 2.05) is 25.9 Å². The van der Waals surface area contributed by atoms with E-state index in [1.54, 1.807) is 11.0 Å². The summed E-state index contributed by atoms with van der Waals surface area (Å²) in [4.78, 5) is 27.3. The highest BCUT2D eigenvalue weighted by atomic mass is 16.5. The molecule has 0 fully saturated rings. The molecule has 116 valence electrons. The number of hydrogen-bond donors (Lipinski definition) is 1. The van der Waals surface area contributed by atoms with E-state index in [4.69, 9.17) is 9.84 Å². The first-order chi connectivity index (χ1) is 9.88. The molecule has 6 nitrogen and oxygen atoms in total. The lowest BCUT2D eigenvalue weighted by atomic mass is 10.1. The van der Waals surface area contributed by atoms with E-state index in [1.165, 1.54) is 19.2 Å². The van der Waals surface area contributed by atoms with Crippen molar-refractivity contribution in [2.45, 2.75) is 6.92 Å². The van der Waals surface area contributed by atoms with Crippen LogP contribution in [0.1, 0.15) is 27.6 Å². The Bertz CT molecular complexity index is 514. The minimum absolute atomic E-state index is 0.0429. The molecule has 0 aliphatic heterocycles. The molecule has 0 aliphatic carbocycles. The molecule has 1 aromatic carbocycles. The van der Waals surface area contributed by atoms with Crippen molar-refractivity contribution in [1.82, 2.24) is 9.80 Å². The second-order valence-electron chi connectivity index (χ2n) is 4.94. The lowest BCUT2D eigenvalue weighted by Crippen LogP contribution is -2.36. The molecule has 0 bridgehead atoms. The number of benzene rings is 1. The Balaban J connectivity index is 3.03. The van der Waals surface area contributed by atoms with Crippen molar-refractivity contribution in [3.8, 4) is 5.75 Å². The van der Waals surface area contributed by atoms with Gasteiger partial charge in [0.05, 0.1) is 12.7 Å². The average molecular weight is 294 g/mol. The summed E-state index contributed by atoms with van der Waals surface area (Å²) < 4.78 is 5.07. The molecule has 0 heterocycles. The molecule has 0 saturated heterocycles. The number of likely N-dealkylation sites (N-methyl/N-ethyl adjacent to an activating group) is 2. The lowest BCUT2D eigenvalue weighted by molar-refractivity contribution is 0.0696. The van der Waals surface area contributed by atoms with Crippen molar-refractivity contribution >= 4 is 11.9 Å². The maximum absolute atomic E-state index is 12.5. The van der Waals surface area contributed by atoms with Crippen molar-refractivity contribution in [2.24, 2.45) is 0 Å². The molecular weight excluding hydrogens is 272 g/mol. The van der Waals surface area contributed by atoms with Gasteiger partial charge in [-0.25, -0.2) is 4.79 Å². The van der Waals surface area contributed by atoms with Crippen LogP contribution in [-0.2, 0) is 0 Å². The van der Waals surface area contributed by atoms with Gasteiger partial charge in [0.25, 0.3) is 5.91 Å². The summed E-state index contributed by atoms with van der Waals surface area (Å²) in [5.74, 6) is -0.915. The van der Waals surface area contributed by atoms with Gasteiger partial charge >= 0.3 is 5.97 Å². The maximum atomic E-state index is 12.5. The normalized spacial score (nSPS) is 10.5. The van der Waals surface area contributed by atoms with Crippen molar-refractivity contribution in [1.29, 1.82) is 0 Å². The molecule has 0 spiro atoms. The van der Waals surface area contributed by atoms with Gasteiger partial charge in [0.1, 0.15) is 5.75 Å². The number of rotatable bonds is 7. The second-order valence-corrected chi connectivity index (χ2v) is 4.94. The lowest BCUT2D eigenvalue weighted by Gasteiger charge is -2.23. The van der Waals surface area contributed by atoms with Crippen molar-refractivity contribution in [2.75, 3.05) is 40.8 Å². The summed E-state index contributed by atoms with van der Waals surface area (Å²) in [5.41, 5.74) is 0.369. The van der Waals surface area contributed by atoms with Gasteiger partial charge in [-0.1, -0.05) is 0 Å². The van der Waals surface area contributed by atoms with Crippen LogP contribution in [0.15, 0.2) is 18.2 Å². The van der Waals surface area contributed by atoms with Gasteiger partial charge in [-0.2, -0.15) is 0 Å². The molecule has 1 aromatic rings. The average Bonchev–Trinajstić information content (AvgIpc) is 2.46. The molecule has 0 saturated carbocycles. The van der Waals surface area contributed by atoms with Crippen molar-refractivity contribution in [3.05, 3.63) is 29.3 Å². The van der Waals surface area contributed by atoms with E-state index in [2.05, 4.69) is 0 Å². The summed E-state index contributed by atoms with van der Waals surface area (Å²) >= 11 is 0. The maximum Gasteiger partial charge on any atom is 0.335 e. The van der Waals surface area contributed by atoms with Gasteiger partial charge in [-0.05, 0) is 39.2 Å². The number of methoxy groups -OCH3 is 1. The van der Waals surface area contributed by atoms with Crippen LogP contribution in [0, 0.1) is 0 Å². The molecule has 0 aliphatic rings. The molecule has 0 unspecified atom stereocenters. The first-order valence-electron chi connectivity index (χ1n) is 6.75. The Morgan fingerprint density at radius 1 is 1.14 bits per heavy atom. The summed E-state index contributed by atoms with van der Waals surface area (Å²) in [7, 11) is 5.32. The second kappa shape index (κ2) is 7.64. The number of nitrogens with zero attached hydrogens (tertiary/aromatic N) is 2. The van der Waals surface area contributed by atoms with Gasteiger partial charge in [0.2, 0.25) is 0 Å². The fourth-order valence-electron chi connectivity index (χ4n) is 1.87. The van der Waals surface area contributed by atoms with Crippen LogP contribution in [-0.4, -0.2) is 67.6 Å². The van der Waals surface area contributed by atoms with Gasteiger partial charge in [-0.3, -0.25) is 4.79 Å². The Hall–Kier alpha value is -2.08. The van der Waals surface area contributed by atoms with E-state index in [-0.39, 0.29) is 11.5 Å². The molecule has 0 radical (unpaired) electrons. The summed E-state index contributed by atoms with van der Waals surface area (Å²) in [6.07, 6.45) is 0. The fourth-order valence-corrected chi connectivity index (χ4v) is 1.87. The van der Waals surface area contributed by atoms with E-state index in [9.17, 15) is 9.59 Å². The minimum Gasteiger partial charge on any atom is -0.497 e. The quantitative estimate of drug-likeness (QED) is 0.823. The summed E-state index contributed by atoms with van der Waals surface area (Å²) in [6.45, 7) is 3.79. The van der Waals surface area contributed by atoms with Gasteiger partial charge in [-0.15, -0.1) is 0 Å². The van der Waals surface area contributed by atoms with Crippen LogP contribution in [0.2, 0.25) is 0 Å². The van der Waals surface area contributed by atoms with Crippen LogP contribution >= 0.6 is 0 Å². The number of carboxylic acids is 1. The Kier molecular flexibility index (Phi) is 6.17. The number of carbonyl (C=O) groups excluding carboxylic acids is 1. The standard InChI is InChI=1S/C15H22N2O4/c1-5-17(7-6-16(2)3)14(18)11-8-12(15(19)20)10-13(9-11)21-4/h8-10H,5-7H2,1-4H3,(H,19,20). The van der Waals surface area contributed by atoms with Crippen LogP contribution < -0.4 is 4.74 Å². The molecule has 21 heavy (non-hydrogen) atoms. The molecule has 1 amide bonds. The fraction of sp³-hybridized carbons (Fsp3) is 0.467. The number of carbonyl (C=O) groups is 2. The summed E-state index contributed by atoms with van der Waals surface area (Å²) in [5, 5.41) is 9.10. The number of ether oxygens (including phenoxy) is 1. The number of hydrogen-bond acceptors (Lipinski definition) is 4. The van der Waals surface area contributed by atoms with E-state index in [0.29, 0.717) is 24.4 Å². The SMILES string of the molecule is CCN(CCN(C)C)C(=O)c1cc(OC)cc(C(=O)O)c1. The predicted octanol–water partition coefficient (Wildman–Crippen LogP) is 1.42. The smallest absolute Gasteiger partial charge is 0.335 e. The van der Waals surface area contributed by atoms with Crippen molar-refractivity contribution in [3.63, 3.8) is 0 Å². The van der Waals surface area contributed by atoms with Gasteiger partial charge < -0.3 is 19.6 Å². The first kappa shape index (κ1) is 17.0. The highest BCUT2D eigenvalue weighted by Gasteiger charge is 2.17. The van der Waals surface area contributed by atoms with Crippen LogP contribution in [0.25, 0.3) is 0 Å². The third-order valence-electron chi connectivity index (χ3n) is 3.12. The van der Waals surface area contributed by atoms with Gasteiger partial charge in [0, 0.05) is 25.2 Å². The van der Waals surface area contributed by atoms with Crippen LogP contribution in [0.4, 0.5) is 0 Å². The van der Waals surface area contributed by atoms with Crippen molar-refractivity contribution < 1.29 is 19.4 Å². The molecule has 6 heteroatoms. The third-order valence-corrected chi connectivity index (χ3v) is 3.12. The van der Waals surface area contributed by atoms with Crippen LogP contribution in [0.3, 0.4) is 0 Å². The highest BCUT2D eigenvalue weighted by Crippen LogP contribution is 2.18. The van der Waals surface area contributed by atoms with Crippen LogP contribution in [0.5, 0.6) is 5.75 Å². The number of aromatic carboxylic acids is 1. The Morgan fingerprint density at radius 2 is 1.76 bits per heavy atom. The van der Waals surface area contributed by atoms with Gasteiger partial charge in [0.15, 0.2) is 0 Å². The zero-order chi connectivity index (χ0) is 16.0. The minimum atomic E-state index is -1.08. The topological polar surface area (TPSA) is 70.1 Å². The zero-order valence-corrected chi connectivity index (χ0v) is 12.9. The third kappa shape index (κ3) is 4.75. The van der Waals surface area contributed by atoms with E-state index in [0.717, 1.165) is 6.54 Å². The predicted molar refractivity (Wildman–Crippen MR) is 80.1 cm³/mol. The molecular formula is C15H22N2O4. The highest BCUT2D eigenvalue weighted by molar-refractivity contribution is 5.98. The number of carboxylic acid groups (broad SMARTS) is 1. The van der Waals surface area contributed by atoms with E-state index < -0.39 is 5.97 Å². The Morgan fingerprint density at radius 3 is 2.24 bits per heavy atom. The number of amides is 1. The van der Waals surface area contributed by atoms with E-state index >= 15 is 0 Å². The Labute approximate surface area is 124 Å². The zero-order valence-electron chi connectivity index (χ0n) is 12.9. The summed E-state index contributed by atoms with van der Waals surface area (Å²) in [6, 6.07) is 4.34. The largest absolute Gasteiger partial charge is 0.497 e. The molecule has 1 rings (SSSR count). The molecule has 0 atom stereocenters. The first-order valence-corrected chi connectivity index (χ1v) is 6.75. The monoisotopic (exact) mass is 294 g/mol.